The molecule has 3 heterocycles. The molecule has 1 aromatic rings. The summed E-state index contributed by atoms with van der Waals surface area (Å²) in [4.78, 5) is 42.0. The van der Waals surface area contributed by atoms with E-state index in [1.54, 1.807) is 12.0 Å². The largest absolute Gasteiger partial charge is 0.497 e. The highest BCUT2D eigenvalue weighted by atomic mass is 16.5. The van der Waals surface area contributed by atoms with Crippen LogP contribution in [-0.4, -0.2) is 67.6 Å². The van der Waals surface area contributed by atoms with Gasteiger partial charge in [-0.25, -0.2) is 0 Å². The first-order chi connectivity index (χ1) is 15.8. The van der Waals surface area contributed by atoms with E-state index in [9.17, 15) is 14.4 Å². The molecule has 3 aliphatic rings. The zero-order valence-electron chi connectivity index (χ0n) is 19.8. The number of amides is 3. The monoisotopic (exact) mass is 457 g/mol. The number of ether oxygens (including phenoxy) is 2. The van der Waals surface area contributed by atoms with Gasteiger partial charge < -0.3 is 24.6 Å². The van der Waals surface area contributed by atoms with Crippen molar-refractivity contribution in [1.29, 1.82) is 0 Å². The van der Waals surface area contributed by atoms with Crippen molar-refractivity contribution in [2.24, 2.45) is 11.8 Å². The second-order valence-corrected chi connectivity index (χ2v) is 10.0. The van der Waals surface area contributed by atoms with Gasteiger partial charge in [-0.1, -0.05) is 0 Å². The minimum Gasteiger partial charge on any atom is -0.497 e. The summed E-state index contributed by atoms with van der Waals surface area (Å²) in [6.07, 6.45) is 3.20. The summed E-state index contributed by atoms with van der Waals surface area (Å²) < 4.78 is 10.9. The van der Waals surface area contributed by atoms with E-state index in [1.807, 2.05) is 29.2 Å². The second kappa shape index (κ2) is 9.71. The fraction of sp³-hybridized carbons (Fsp3) is 0.640. The van der Waals surface area contributed by atoms with E-state index in [0.29, 0.717) is 39.1 Å². The molecule has 1 aromatic carbocycles. The van der Waals surface area contributed by atoms with E-state index in [-0.39, 0.29) is 47.6 Å². The molecule has 0 aromatic heterocycles. The van der Waals surface area contributed by atoms with Crippen molar-refractivity contribution >= 4 is 23.4 Å². The molecule has 3 saturated heterocycles. The van der Waals surface area contributed by atoms with Crippen molar-refractivity contribution < 1.29 is 23.9 Å². The molecule has 8 heteroatoms. The van der Waals surface area contributed by atoms with Gasteiger partial charge in [0.25, 0.3) is 0 Å². The van der Waals surface area contributed by atoms with Crippen LogP contribution in [0.25, 0.3) is 0 Å². The minimum atomic E-state index is -0.338. The summed E-state index contributed by atoms with van der Waals surface area (Å²) in [6.45, 7) is 6.28. The molecule has 2 atom stereocenters. The lowest BCUT2D eigenvalue weighted by atomic mass is 9.91. The molecule has 180 valence electrons. The Balaban J connectivity index is 1.27. The Kier molecular flexibility index (Phi) is 6.93. The number of anilines is 1. The third-order valence-corrected chi connectivity index (χ3v) is 7.08. The van der Waals surface area contributed by atoms with E-state index in [2.05, 4.69) is 19.2 Å². The number of methoxy groups -OCH3 is 1. The summed E-state index contributed by atoms with van der Waals surface area (Å²) in [7, 11) is 1.60. The molecule has 0 bridgehead atoms. The van der Waals surface area contributed by atoms with Gasteiger partial charge in [0.15, 0.2) is 0 Å². The first-order valence-corrected chi connectivity index (χ1v) is 11.9. The molecule has 3 fully saturated rings. The summed E-state index contributed by atoms with van der Waals surface area (Å²) in [5.41, 5.74) is 0.576. The zero-order valence-corrected chi connectivity index (χ0v) is 19.8. The third kappa shape index (κ3) is 5.49. The second-order valence-electron chi connectivity index (χ2n) is 10.0. The van der Waals surface area contributed by atoms with Gasteiger partial charge in [-0.15, -0.1) is 0 Å². The van der Waals surface area contributed by atoms with Crippen molar-refractivity contribution in [2.75, 3.05) is 38.3 Å². The quantitative estimate of drug-likeness (QED) is 0.733. The maximum absolute atomic E-state index is 13.1. The van der Waals surface area contributed by atoms with Crippen LogP contribution in [0.1, 0.15) is 46.0 Å². The molecule has 33 heavy (non-hydrogen) atoms. The van der Waals surface area contributed by atoms with E-state index in [1.165, 1.54) is 0 Å². The van der Waals surface area contributed by atoms with E-state index in [4.69, 9.17) is 9.47 Å². The van der Waals surface area contributed by atoms with Crippen molar-refractivity contribution in [1.82, 2.24) is 10.2 Å². The fourth-order valence-corrected chi connectivity index (χ4v) is 5.18. The van der Waals surface area contributed by atoms with Crippen molar-refractivity contribution in [3.8, 4) is 5.75 Å². The fourth-order valence-electron chi connectivity index (χ4n) is 5.18. The molecule has 0 aliphatic carbocycles. The number of piperidine rings is 1. The number of nitrogens with one attached hydrogen (secondary N) is 1. The summed E-state index contributed by atoms with van der Waals surface area (Å²) in [5.74, 6) is 0.393. The molecular weight excluding hydrogens is 422 g/mol. The van der Waals surface area contributed by atoms with Crippen molar-refractivity contribution in [2.45, 2.75) is 57.6 Å². The van der Waals surface area contributed by atoms with Gasteiger partial charge in [0, 0.05) is 50.3 Å². The highest BCUT2D eigenvalue weighted by Gasteiger charge is 2.39. The lowest BCUT2D eigenvalue weighted by Gasteiger charge is -2.37. The smallest absolute Gasteiger partial charge is 0.228 e. The van der Waals surface area contributed by atoms with Crippen LogP contribution in [0.5, 0.6) is 5.75 Å². The minimum absolute atomic E-state index is 0.0180. The molecule has 4 rings (SSSR count). The Hall–Kier alpha value is -2.61. The highest BCUT2D eigenvalue weighted by Crippen LogP contribution is 2.30. The van der Waals surface area contributed by atoms with Gasteiger partial charge in [0.2, 0.25) is 17.7 Å². The van der Waals surface area contributed by atoms with Crippen molar-refractivity contribution in [3.05, 3.63) is 24.3 Å². The zero-order chi connectivity index (χ0) is 23.6. The highest BCUT2D eigenvalue weighted by molar-refractivity contribution is 6.00. The van der Waals surface area contributed by atoms with Gasteiger partial charge >= 0.3 is 0 Å². The Morgan fingerprint density at radius 2 is 1.79 bits per heavy atom. The molecular formula is C25H35N3O5. The Bertz CT molecular complexity index is 877. The van der Waals surface area contributed by atoms with Gasteiger partial charge in [0.1, 0.15) is 5.75 Å². The average molecular weight is 458 g/mol. The summed E-state index contributed by atoms with van der Waals surface area (Å²) in [5, 5.41) is 3.20. The van der Waals surface area contributed by atoms with Gasteiger partial charge in [-0.2, -0.15) is 0 Å². The van der Waals surface area contributed by atoms with E-state index >= 15 is 0 Å². The van der Waals surface area contributed by atoms with Gasteiger partial charge in [-0.3, -0.25) is 14.4 Å². The maximum Gasteiger partial charge on any atom is 0.228 e. The van der Waals surface area contributed by atoms with Crippen LogP contribution in [0.15, 0.2) is 24.3 Å². The predicted octanol–water partition coefficient (Wildman–Crippen LogP) is 2.36. The normalized spacial score (nSPS) is 25.7. The van der Waals surface area contributed by atoms with Gasteiger partial charge in [0.05, 0.1) is 18.6 Å². The molecule has 8 nitrogen and oxygen atoms in total. The number of hydrogen-bond donors (Lipinski definition) is 1. The summed E-state index contributed by atoms with van der Waals surface area (Å²) >= 11 is 0. The number of nitrogens with zero attached hydrogens (tertiary/aromatic N) is 2. The first-order valence-electron chi connectivity index (χ1n) is 11.9. The van der Waals surface area contributed by atoms with Crippen LogP contribution in [0.3, 0.4) is 0 Å². The molecule has 3 aliphatic heterocycles. The number of benzene rings is 1. The Labute approximate surface area is 195 Å². The lowest BCUT2D eigenvalue weighted by Crippen LogP contribution is -2.50. The lowest BCUT2D eigenvalue weighted by molar-refractivity contribution is -0.139. The van der Waals surface area contributed by atoms with Crippen LogP contribution in [0, 0.1) is 11.8 Å². The Morgan fingerprint density at radius 3 is 2.42 bits per heavy atom. The third-order valence-electron chi connectivity index (χ3n) is 7.08. The van der Waals surface area contributed by atoms with Crippen LogP contribution in [0.4, 0.5) is 5.69 Å². The topological polar surface area (TPSA) is 88.2 Å². The molecule has 1 N–H and O–H groups in total. The number of carbonyl (C=O) groups is 3. The molecule has 0 saturated carbocycles. The van der Waals surface area contributed by atoms with Crippen LogP contribution in [-0.2, 0) is 19.1 Å². The van der Waals surface area contributed by atoms with Crippen molar-refractivity contribution in [3.63, 3.8) is 0 Å². The number of carbonyl (C=O) groups excluding carboxylic acids is 3. The van der Waals surface area contributed by atoms with Crippen LogP contribution >= 0.6 is 0 Å². The van der Waals surface area contributed by atoms with Crippen LogP contribution in [0.2, 0.25) is 0 Å². The van der Waals surface area contributed by atoms with Gasteiger partial charge in [-0.05, 0) is 63.8 Å². The average Bonchev–Trinajstić information content (AvgIpc) is 3.19. The molecule has 0 radical (unpaired) electrons. The first kappa shape index (κ1) is 23.5. The van der Waals surface area contributed by atoms with E-state index in [0.717, 1.165) is 24.3 Å². The standard InChI is InChI=1S/C25H35N3O5/c1-25(2)15-19(10-13-33-25)26-23(30)17-8-11-27(12-9-17)24(31)18-14-22(29)28(16-18)20-4-6-21(32-3)7-5-20/h4-7,17-19H,8-16H2,1-3H3,(H,26,30)/t18-,19+/m1/s1. The number of hydrogen-bond acceptors (Lipinski definition) is 5. The SMILES string of the molecule is COc1ccc(N2C[C@H](C(=O)N3CCC(C(=O)N[C@H]4CCOC(C)(C)C4)CC3)CC2=O)cc1. The maximum atomic E-state index is 13.1. The van der Waals surface area contributed by atoms with Crippen LogP contribution < -0.4 is 15.0 Å². The summed E-state index contributed by atoms with van der Waals surface area (Å²) in [6, 6.07) is 7.46. The number of likely N-dealkylation sites (tertiary alicyclic amines) is 1. The molecule has 0 spiro atoms. The number of rotatable bonds is 5. The Morgan fingerprint density at radius 1 is 1.09 bits per heavy atom. The predicted molar refractivity (Wildman–Crippen MR) is 124 cm³/mol. The van der Waals surface area contributed by atoms with E-state index < -0.39 is 0 Å². The molecule has 0 unspecified atom stereocenters. The molecule has 3 amide bonds.